The first kappa shape index (κ1) is 12.7. The van der Waals surface area contributed by atoms with Crippen LogP contribution in [0.5, 0.6) is 0 Å². The van der Waals surface area contributed by atoms with E-state index in [-0.39, 0.29) is 22.7 Å². The van der Waals surface area contributed by atoms with E-state index in [4.69, 9.17) is 5.73 Å². The van der Waals surface area contributed by atoms with Crippen molar-refractivity contribution in [2.75, 3.05) is 11.1 Å². The number of nitrogens with zero attached hydrogens (tertiary/aromatic N) is 1. The average Bonchev–Trinajstić information content (AvgIpc) is 2.33. The number of nitrogens with one attached hydrogen (secondary N) is 1. The van der Waals surface area contributed by atoms with Gasteiger partial charge in [-0.05, 0) is 18.2 Å². The second-order valence-corrected chi connectivity index (χ2v) is 3.79. The van der Waals surface area contributed by atoms with E-state index in [1.54, 1.807) is 0 Å². The Labute approximate surface area is 106 Å². The number of non-ortho nitro benzene ring substituents is 1. The third-order valence-corrected chi connectivity index (χ3v) is 2.38. The first-order valence-electron chi connectivity index (χ1n) is 5.23. The van der Waals surface area contributed by atoms with Crippen molar-refractivity contribution in [3.8, 4) is 0 Å². The van der Waals surface area contributed by atoms with Gasteiger partial charge in [-0.25, -0.2) is 8.78 Å². The zero-order valence-corrected chi connectivity index (χ0v) is 9.56. The summed E-state index contributed by atoms with van der Waals surface area (Å²) in [4.78, 5) is 10.0. The number of nitrogens with two attached hydrogens (primary N) is 1. The van der Waals surface area contributed by atoms with Gasteiger partial charge in [0.15, 0.2) is 0 Å². The quantitative estimate of drug-likeness (QED) is 0.507. The minimum Gasteiger partial charge on any atom is -0.398 e. The average molecular weight is 265 g/mol. The van der Waals surface area contributed by atoms with Gasteiger partial charge in [-0.1, -0.05) is 6.07 Å². The first-order chi connectivity index (χ1) is 8.97. The molecule has 0 aliphatic heterocycles. The van der Waals surface area contributed by atoms with Crippen molar-refractivity contribution >= 4 is 22.7 Å². The molecule has 7 heteroatoms. The van der Waals surface area contributed by atoms with Gasteiger partial charge >= 0.3 is 0 Å². The van der Waals surface area contributed by atoms with Gasteiger partial charge in [-0.15, -0.1) is 0 Å². The Morgan fingerprint density at radius 2 is 1.79 bits per heavy atom. The van der Waals surface area contributed by atoms with Gasteiger partial charge < -0.3 is 11.1 Å². The first-order valence-corrected chi connectivity index (χ1v) is 5.23. The van der Waals surface area contributed by atoms with Gasteiger partial charge in [0.05, 0.1) is 4.92 Å². The second-order valence-electron chi connectivity index (χ2n) is 3.79. The van der Waals surface area contributed by atoms with Gasteiger partial charge in [0.25, 0.3) is 5.69 Å². The van der Waals surface area contributed by atoms with Gasteiger partial charge in [-0.2, -0.15) is 0 Å². The number of halogens is 2. The molecule has 0 atom stereocenters. The van der Waals surface area contributed by atoms with E-state index in [0.717, 1.165) is 24.3 Å². The molecule has 0 aromatic heterocycles. The number of benzene rings is 2. The minimum absolute atomic E-state index is 0.119. The molecule has 0 saturated heterocycles. The minimum atomic E-state index is -0.801. The number of hydrogen-bond acceptors (Lipinski definition) is 4. The third kappa shape index (κ3) is 2.76. The van der Waals surface area contributed by atoms with Crippen LogP contribution in [0.1, 0.15) is 0 Å². The molecule has 2 aromatic carbocycles. The van der Waals surface area contributed by atoms with Crippen molar-refractivity contribution in [2.24, 2.45) is 0 Å². The van der Waals surface area contributed by atoms with Crippen molar-refractivity contribution < 1.29 is 13.7 Å². The zero-order valence-electron chi connectivity index (χ0n) is 9.56. The van der Waals surface area contributed by atoms with Crippen LogP contribution in [-0.2, 0) is 0 Å². The van der Waals surface area contributed by atoms with Gasteiger partial charge in [0, 0.05) is 23.5 Å². The van der Waals surface area contributed by atoms with Gasteiger partial charge in [-0.3, -0.25) is 10.1 Å². The molecule has 0 bridgehead atoms. The summed E-state index contributed by atoms with van der Waals surface area (Å²) in [6.45, 7) is 0. The molecule has 98 valence electrons. The number of nitro benzene ring substituents is 1. The van der Waals surface area contributed by atoms with Crippen molar-refractivity contribution in [2.45, 2.75) is 0 Å². The highest BCUT2D eigenvalue weighted by atomic mass is 19.1. The lowest BCUT2D eigenvalue weighted by atomic mass is 10.2. The molecule has 3 N–H and O–H groups in total. The van der Waals surface area contributed by atoms with Crippen LogP contribution in [0.25, 0.3) is 0 Å². The van der Waals surface area contributed by atoms with E-state index < -0.39 is 16.6 Å². The van der Waals surface area contributed by atoms with Crippen molar-refractivity contribution in [1.29, 1.82) is 0 Å². The Kier molecular flexibility index (Phi) is 3.28. The fourth-order valence-corrected chi connectivity index (χ4v) is 1.57. The number of nitrogen functional groups attached to an aromatic ring is 1. The molecular formula is C12H9F2N3O2. The Bertz CT molecular complexity index is 627. The number of anilines is 3. The summed E-state index contributed by atoms with van der Waals surface area (Å²) in [5.74, 6) is -1.60. The van der Waals surface area contributed by atoms with E-state index in [1.165, 1.54) is 12.1 Å². The molecule has 0 saturated carbocycles. The predicted octanol–water partition coefficient (Wildman–Crippen LogP) is 3.20. The van der Waals surface area contributed by atoms with Crippen molar-refractivity contribution in [3.05, 3.63) is 58.1 Å². The van der Waals surface area contributed by atoms with Crippen molar-refractivity contribution in [1.82, 2.24) is 0 Å². The standard InChI is InChI=1S/C12H9F2N3O2/c13-10-2-1-3-11(14)12(10)16-8-4-7(15)5-9(6-8)17(18)19/h1-6,16H,15H2. The Morgan fingerprint density at radius 3 is 2.37 bits per heavy atom. The highest BCUT2D eigenvalue weighted by Gasteiger charge is 2.12. The molecular weight excluding hydrogens is 256 g/mol. The van der Waals surface area contributed by atoms with Crippen LogP contribution in [0.2, 0.25) is 0 Å². The topological polar surface area (TPSA) is 81.2 Å². The van der Waals surface area contributed by atoms with E-state index >= 15 is 0 Å². The van der Waals surface area contributed by atoms with Gasteiger partial charge in [0.1, 0.15) is 17.3 Å². The lowest BCUT2D eigenvalue weighted by molar-refractivity contribution is -0.384. The summed E-state index contributed by atoms with van der Waals surface area (Å²) in [6.07, 6.45) is 0. The fourth-order valence-electron chi connectivity index (χ4n) is 1.57. The van der Waals surface area contributed by atoms with Crippen molar-refractivity contribution in [3.63, 3.8) is 0 Å². The van der Waals surface area contributed by atoms with Crippen LogP contribution in [-0.4, -0.2) is 4.92 Å². The van der Waals surface area contributed by atoms with Crippen LogP contribution in [0.15, 0.2) is 36.4 Å². The fraction of sp³-hybridized carbons (Fsp3) is 0. The summed E-state index contributed by atoms with van der Waals surface area (Å²) < 4.78 is 26.9. The molecule has 19 heavy (non-hydrogen) atoms. The molecule has 0 unspecified atom stereocenters. The molecule has 0 aliphatic rings. The molecule has 0 aliphatic carbocycles. The normalized spacial score (nSPS) is 10.2. The molecule has 0 spiro atoms. The lowest BCUT2D eigenvalue weighted by Crippen LogP contribution is -1.99. The van der Waals surface area contributed by atoms with Crippen LogP contribution in [0, 0.1) is 21.7 Å². The molecule has 0 heterocycles. The SMILES string of the molecule is Nc1cc(Nc2c(F)cccc2F)cc([N+](=O)[O-])c1. The molecule has 0 radical (unpaired) electrons. The number of hydrogen-bond donors (Lipinski definition) is 2. The smallest absolute Gasteiger partial charge is 0.273 e. The van der Waals surface area contributed by atoms with Crippen LogP contribution < -0.4 is 11.1 Å². The third-order valence-electron chi connectivity index (χ3n) is 2.38. The van der Waals surface area contributed by atoms with Crippen LogP contribution >= 0.6 is 0 Å². The summed E-state index contributed by atoms with van der Waals surface area (Å²) in [5.41, 5.74) is 5.10. The lowest BCUT2D eigenvalue weighted by Gasteiger charge is -2.09. The summed E-state index contributed by atoms with van der Waals surface area (Å²) in [5, 5.41) is 13.1. The summed E-state index contributed by atoms with van der Waals surface area (Å²) >= 11 is 0. The Morgan fingerprint density at radius 1 is 1.16 bits per heavy atom. The zero-order chi connectivity index (χ0) is 14.0. The number of rotatable bonds is 3. The van der Waals surface area contributed by atoms with E-state index in [1.807, 2.05) is 0 Å². The summed E-state index contributed by atoms with van der Waals surface area (Å²) in [6, 6.07) is 7.01. The molecule has 5 nitrogen and oxygen atoms in total. The largest absolute Gasteiger partial charge is 0.398 e. The molecule has 0 fully saturated rings. The Hall–Kier alpha value is -2.70. The second kappa shape index (κ2) is 4.89. The highest BCUT2D eigenvalue weighted by molar-refractivity contribution is 5.68. The maximum atomic E-state index is 13.4. The summed E-state index contributed by atoms with van der Waals surface area (Å²) in [7, 11) is 0. The number of para-hydroxylation sites is 1. The van der Waals surface area contributed by atoms with E-state index in [9.17, 15) is 18.9 Å². The Balaban J connectivity index is 2.41. The predicted molar refractivity (Wildman–Crippen MR) is 67.1 cm³/mol. The van der Waals surface area contributed by atoms with E-state index in [2.05, 4.69) is 5.32 Å². The van der Waals surface area contributed by atoms with Gasteiger partial charge in [0.2, 0.25) is 0 Å². The molecule has 2 rings (SSSR count). The molecule has 0 amide bonds. The van der Waals surface area contributed by atoms with Crippen LogP contribution in [0.4, 0.5) is 31.5 Å². The monoisotopic (exact) mass is 265 g/mol. The maximum Gasteiger partial charge on any atom is 0.273 e. The van der Waals surface area contributed by atoms with Crippen LogP contribution in [0.3, 0.4) is 0 Å². The molecule has 2 aromatic rings. The maximum absolute atomic E-state index is 13.4. The number of nitro groups is 1. The highest BCUT2D eigenvalue weighted by Crippen LogP contribution is 2.27. The van der Waals surface area contributed by atoms with E-state index in [0.29, 0.717) is 0 Å².